The average molecular weight is 341 g/mol. The van der Waals surface area contributed by atoms with E-state index in [1.54, 1.807) is 18.2 Å². The van der Waals surface area contributed by atoms with Gasteiger partial charge in [0.1, 0.15) is 0 Å². The molecule has 2 aromatic carbocycles. The first-order valence-electron chi connectivity index (χ1n) is 8.35. The normalized spacial score (nSPS) is 12.0. The molecule has 0 heterocycles. The first-order chi connectivity index (χ1) is 12.0. The molecule has 0 aliphatic rings. The van der Waals surface area contributed by atoms with Crippen molar-refractivity contribution in [2.24, 2.45) is 0 Å². The number of carbonyl (C=O) groups is 1. The van der Waals surface area contributed by atoms with Crippen molar-refractivity contribution in [2.45, 2.75) is 32.9 Å². The second-order valence-corrected chi connectivity index (χ2v) is 5.89. The summed E-state index contributed by atoms with van der Waals surface area (Å²) in [7, 11) is 0. The monoisotopic (exact) mass is 341 g/mol. The van der Waals surface area contributed by atoms with Gasteiger partial charge in [-0.05, 0) is 32.0 Å². The zero-order chi connectivity index (χ0) is 18.2. The van der Waals surface area contributed by atoms with Gasteiger partial charge >= 0.3 is 0 Å². The minimum atomic E-state index is -0.403. The molecule has 6 heteroatoms. The van der Waals surface area contributed by atoms with Crippen molar-refractivity contribution in [1.29, 1.82) is 0 Å². The number of para-hydroxylation sites is 2. The van der Waals surface area contributed by atoms with Crippen LogP contribution in [0.15, 0.2) is 54.6 Å². The summed E-state index contributed by atoms with van der Waals surface area (Å²) in [6.07, 6.45) is 0.851. The van der Waals surface area contributed by atoms with Gasteiger partial charge in [0.2, 0.25) is 5.91 Å². The smallest absolute Gasteiger partial charge is 0.273 e. The Morgan fingerprint density at radius 1 is 1.16 bits per heavy atom. The quantitative estimate of drug-likeness (QED) is 0.585. The lowest BCUT2D eigenvalue weighted by Gasteiger charge is -2.27. The lowest BCUT2D eigenvalue weighted by atomic mass is 10.1. The summed E-state index contributed by atoms with van der Waals surface area (Å²) in [5.41, 5.74) is 1.43. The average Bonchev–Trinajstić information content (AvgIpc) is 2.61. The van der Waals surface area contributed by atoms with Gasteiger partial charge < -0.3 is 5.32 Å². The Hall–Kier alpha value is -2.73. The van der Waals surface area contributed by atoms with Gasteiger partial charge in [-0.1, -0.05) is 43.3 Å². The fourth-order valence-electron chi connectivity index (χ4n) is 2.67. The van der Waals surface area contributed by atoms with Crippen molar-refractivity contribution in [3.63, 3.8) is 0 Å². The van der Waals surface area contributed by atoms with Gasteiger partial charge in [0.15, 0.2) is 0 Å². The Kier molecular flexibility index (Phi) is 6.65. The first kappa shape index (κ1) is 18.6. The number of hydrogen-bond acceptors (Lipinski definition) is 4. The van der Waals surface area contributed by atoms with Crippen molar-refractivity contribution in [3.8, 4) is 0 Å². The summed E-state index contributed by atoms with van der Waals surface area (Å²) in [5, 5.41) is 14.1. The van der Waals surface area contributed by atoms with Crippen molar-refractivity contribution in [3.05, 3.63) is 70.3 Å². The summed E-state index contributed by atoms with van der Waals surface area (Å²) >= 11 is 0. The third-order valence-electron chi connectivity index (χ3n) is 4.04. The van der Waals surface area contributed by atoms with Gasteiger partial charge in [-0.25, -0.2) is 0 Å². The van der Waals surface area contributed by atoms with Crippen LogP contribution in [0.25, 0.3) is 0 Å². The van der Waals surface area contributed by atoms with E-state index in [1.165, 1.54) is 6.07 Å². The van der Waals surface area contributed by atoms with E-state index in [9.17, 15) is 14.9 Å². The van der Waals surface area contributed by atoms with E-state index in [0.29, 0.717) is 18.7 Å². The number of nitrogens with one attached hydrogen (secondary N) is 1. The van der Waals surface area contributed by atoms with Gasteiger partial charge in [-0.15, -0.1) is 0 Å². The number of hydrogen-bond donors (Lipinski definition) is 1. The van der Waals surface area contributed by atoms with E-state index in [2.05, 4.69) is 5.32 Å². The molecule has 1 unspecified atom stereocenters. The third kappa shape index (κ3) is 5.12. The van der Waals surface area contributed by atoms with Gasteiger partial charge in [0, 0.05) is 23.9 Å². The largest absolute Gasteiger partial charge is 0.325 e. The third-order valence-corrected chi connectivity index (χ3v) is 4.04. The zero-order valence-electron chi connectivity index (χ0n) is 14.5. The van der Waals surface area contributed by atoms with Crippen LogP contribution in [0.3, 0.4) is 0 Å². The minimum Gasteiger partial charge on any atom is -0.325 e. The molecule has 1 atom stereocenters. The lowest BCUT2D eigenvalue weighted by molar-refractivity contribution is -0.385. The fraction of sp³-hybridized carbons (Fsp3) is 0.316. The Morgan fingerprint density at radius 3 is 2.44 bits per heavy atom. The molecule has 25 heavy (non-hydrogen) atoms. The molecule has 0 aliphatic carbocycles. The Bertz CT molecular complexity index is 719. The first-order valence-corrected chi connectivity index (χ1v) is 8.35. The highest BCUT2D eigenvalue weighted by Gasteiger charge is 2.23. The summed E-state index contributed by atoms with van der Waals surface area (Å²) in [4.78, 5) is 25.3. The van der Waals surface area contributed by atoms with Crippen molar-refractivity contribution < 1.29 is 9.72 Å². The molecule has 0 spiro atoms. The standard InChI is InChI=1S/C19H23N3O3/c1-3-13-21(14-16-9-7-8-12-18(16)22(24)25)15(2)19(23)20-17-10-5-4-6-11-17/h4-12,15H,3,13-14H2,1-2H3,(H,20,23). The van der Waals surface area contributed by atoms with Crippen LogP contribution in [0.5, 0.6) is 0 Å². The highest BCUT2D eigenvalue weighted by atomic mass is 16.6. The van der Waals surface area contributed by atoms with Crippen LogP contribution in [-0.4, -0.2) is 28.3 Å². The predicted octanol–water partition coefficient (Wildman–Crippen LogP) is 3.83. The van der Waals surface area contributed by atoms with Crippen molar-refractivity contribution >= 4 is 17.3 Å². The highest BCUT2D eigenvalue weighted by molar-refractivity contribution is 5.94. The predicted molar refractivity (Wildman–Crippen MR) is 98.3 cm³/mol. The van der Waals surface area contributed by atoms with E-state index >= 15 is 0 Å². The fourth-order valence-corrected chi connectivity index (χ4v) is 2.67. The number of amides is 1. The maximum atomic E-state index is 12.6. The van der Waals surface area contributed by atoms with Crippen LogP contribution in [0.2, 0.25) is 0 Å². The number of carbonyl (C=O) groups excluding carboxylic acids is 1. The second kappa shape index (κ2) is 8.94. The van der Waals surface area contributed by atoms with Crippen LogP contribution in [0.4, 0.5) is 11.4 Å². The maximum absolute atomic E-state index is 12.6. The van der Waals surface area contributed by atoms with Crippen LogP contribution < -0.4 is 5.32 Å². The topological polar surface area (TPSA) is 75.5 Å². The van der Waals surface area contributed by atoms with Crippen LogP contribution in [0.1, 0.15) is 25.8 Å². The molecule has 0 fully saturated rings. The molecule has 1 N–H and O–H groups in total. The molecule has 132 valence electrons. The van der Waals surface area contributed by atoms with E-state index in [0.717, 1.165) is 12.1 Å². The van der Waals surface area contributed by atoms with Crippen molar-refractivity contribution in [1.82, 2.24) is 4.90 Å². The molecule has 0 radical (unpaired) electrons. The van der Waals surface area contributed by atoms with Gasteiger partial charge in [-0.2, -0.15) is 0 Å². The molecule has 0 saturated carbocycles. The number of benzene rings is 2. The van der Waals surface area contributed by atoms with E-state index in [-0.39, 0.29) is 16.5 Å². The molecule has 0 saturated heterocycles. The highest BCUT2D eigenvalue weighted by Crippen LogP contribution is 2.21. The van der Waals surface area contributed by atoms with Gasteiger partial charge in [-0.3, -0.25) is 19.8 Å². The lowest BCUT2D eigenvalue weighted by Crippen LogP contribution is -2.42. The molecule has 0 aromatic heterocycles. The van der Waals surface area contributed by atoms with Crippen LogP contribution in [0, 0.1) is 10.1 Å². The zero-order valence-corrected chi connectivity index (χ0v) is 14.5. The number of anilines is 1. The molecule has 2 rings (SSSR count). The number of nitrogens with zero attached hydrogens (tertiary/aromatic N) is 2. The molecular formula is C19H23N3O3. The molecule has 2 aromatic rings. The van der Waals surface area contributed by atoms with Crippen molar-refractivity contribution in [2.75, 3.05) is 11.9 Å². The Morgan fingerprint density at radius 2 is 1.80 bits per heavy atom. The molecule has 0 aliphatic heterocycles. The molecule has 6 nitrogen and oxygen atoms in total. The summed E-state index contributed by atoms with van der Waals surface area (Å²) in [5.74, 6) is -0.127. The molecule has 0 bridgehead atoms. The van der Waals surface area contributed by atoms with E-state index < -0.39 is 6.04 Å². The van der Waals surface area contributed by atoms with E-state index in [4.69, 9.17) is 0 Å². The van der Waals surface area contributed by atoms with Gasteiger partial charge in [0.05, 0.1) is 11.0 Å². The number of nitro groups is 1. The second-order valence-electron chi connectivity index (χ2n) is 5.89. The van der Waals surface area contributed by atoms with Crippen LogP contribution in [-0.2, 0) is 11.3 Å². The van der Waals surface area contributed by atoms with Gasteiger partial charge in [0.25, 0.3) is 5.69 Å². The number of rotatable bonds is 8. The summed E-state index contributed by atoms with van der Waals surface area (Å²) in [6, 6.07) is 15.5. The SMILES string of the molecule is CCCN(Cc1ccccc1[N+](=O)[O-])C(C)C(=O)Nc1ccccc1. The molecular weight excluding hydrogens is 318 g/mol. The Balaban J connectivity index is 2.14. The summed E-state index contributed by atoms with van der Waals surface area (Å²) in [6.45, 7) is 4.88. The van der Waals surface area contributed by atoms with E-state index in [1.807, 2.05) is 49.1 Å². The number of nitro benzene ring substituents is 1. The van der Waals surface area contributed by atoms with Crippen LogP contribution >= 0.6 is 0 Å². The summed E-state index contributed by atoms with van der Waals surface area (Å²) < 4.78 is 0. The minimum absolute atomic E-state index is 0.0827. The molecule has 1 amide bonds. The maximum Gasteiger partial charge on any atom is 0.273 e. The Labute approximate surface area is 147 Å².